The van der Waals surface area contributed by atoms with Gasteiger partial charge >= 0.3 is 0 Å². The lowest BCUT2D eigenvalue weighted by Gasteiger charge is -2.52. The Hall–Kier alpha value is -5.26. The summed E-state index contributed by atoms with van der Waals surface area (Å²) >= 11 is 2.00. The number of fused-ring (bicyclic) bond motifs is 14. The molecular weight excluding hydrogens is 950 g/mol. The maximum Gasteiger partial charge on any atom is 0.252 e. The highest BCUT2D eigenvalue weighted by Crippen LogP contribution is 2.63. The molecule has 2 aromatic heterocycles. The SMILES string of the molecule is Cc1cc2c(cc1N(c1cc3c4c(c1)-n1c5c(cc(C(C)(C)C)cc5c5sc6ccccc6c51)B4c1cc(C(C)(C)C)cc4c1N3C1(C)CCCCC41C)c1ccc3c(c1C)C(C)(C)CCC3(C)C)C(C)(C)CCC2(C)C. The van der Waals surface area contributed by atoms with Crippen LogP contribution in [0.3, 0.4) is 0 Å². The van der Waals surface area contributed by atoms with Gasteiger partial charge in [0.1, 0.15) is 0 Å². The fourth-order valence-corrected chi connectivity index (χ4v) is 18.1. The Balaban J connectivity index is 1.18. The maximum absolute atomic E-state index is 2.99. The molecule has 77 heavy (non-hydrogen) atoms. The van der Waals surface area contributed by atoms with Gasteiger partial charge in [-0.1, -0.05) is 165 Å². The Bertz CT molecular complexity index is 3920. The van der Waals surface area contributed by atoms with Gasteiger partial charge in [0.2, 0.25) is 0 Å². The lowest BCUT2D eigenvalue weighted by atomic mass is 9.33. The normalized spacial score (nSPS) is 23.0. The third-order valence-corrected chi connectivity index (χ3v) is 23.2. The van der Waals surface area contributed by atoms with E-state index in [4.69, 9.17) is 0 Å². The average Bonchev–Trinajstić information content (AvgIpc) is 3.81. The summed E-state index contributed by atoms with van der Waals surface area (Å²) < 4.78 is 5.57. The Kier molecular flexibility index (Phi) is 9.97. The third kappa shape index (κ3) is 6.50. The van der Waals surface area contributed by atoms with Crippen LogP contribution >= 0.6 is 11.3 Å². The van der Waals surface area contributed by atoms with E-state index in [0.29, 0.717) is 0 Å². The topological polar surface area (TPSA) is 11.4 Å². The van der Waals surface area contributed by atoms with Gasteiger partial charge in [0.25, 0.3) is 6.71 Å². The molecule has 2 unspecified atom stereocenters. The second-order valence-corrected chi connectivity index (χ2v) is 31.8. The zero-order valence-electron chi connectivity index (χ0n) is 50.1. The van der Waals surface area contributed by atoms with Gasteiger partial charge in [0, 0.05) is 49.3 Å². The van der Waals surface area contributed by atoms with Crippen molar-refractivity contribution in [1.29, 1.82) is 0 Å². The number of aryl methyl sites for hydroxylation is 1. The first-order chi connectivity index (χ1) is 36.0. The van der Waals surface area contributed by atoms with Crippen molar-refractivity contribution in [3.05, 3.63) is 135 Å². The Morgan fingerprint density at radius 1 is 0.545 bits per heavy atom. The summed E-state index contributed by atoms with van der Waals surface area (Å²) in [6, 6.07) is 35.7. The summed E-state index contributed by atoms with van der Waals surface area (Å²) in [6.45, 7) is 44.9. The van der Waals surface area contributed by atoms with Gasteiger partial charge in [0.05, 0.1) is 27.0 Å². The van der Waals surface area contributed by atoms with Crippen LogP contribution in [0.5, 0.6) is 0 Å². The molecule has 5 heteroatoms. The molecule has 0 amide bonds. The van der Waals surface area contributed by atoms with Gasteiger partial charge in [-0.2, -0.15) is 0 Å². The smallest absolute Gasteiger partial charge is 0.252 e. The van der Waals surface area contributed by atoms with Gasteiger partial charge in [-0.25, -0.2) is 0 Å². The van der Waals surface area contributed by atoms with Gasteiger partial charge in [0.15, 0.2) is 0 Å². The fraction of sp³-hybridized carbons (Fsp3) is 0.472. The van der Waals surface area contributed by atoms with Gasteiger partial charge < -0.3 is 14.4 Å². The summed E-state index contributed by atoms with van der Waals surface area (Å²) in [5.41, 5.74) is 28.8. The second kappa shape index (κ2) is 15.3. The van der Waals surface area contributed by atoms with Crippen molar-refractivity contribution in [3.63, 3.8) is 0 Å². The largest absolute Gasteiger partial charge is 0.335 e. The van der Waals surface area contributed by atoms with Crippen molar-refractivity contribution in [2.45, 2.75) is 219 Å². The number of rotatable bonds is 3. The van der Waals surface area contributed by atoms with Crippen LogP contribution < -0.4 is 26.2 Å². The van der Waals surface area contributed by atoms with E-state index in [1.165, 1.54) is 166 Å². The number of thiophene rings is 1. The second-order valence-electron chi connectivity index (χ2n) is 30.7. The molecule has 3 aliphatic heterocycles. The Morgan fingerprint density at radius 3 is 1.86 bits per heavy atom. The van der Waals surface area contributed by atoms with E-state index in [0.717, 1.165) is 6.42 Å². The van der Waals surface area contributed by atoms with Gasteiger partial charge in [-0.15, -0.1) is 11.3 Å². The van der Waals surface area contributed by atoms with Crippen molar-refractivity contribution in [2.75, 3.05) is 9.80 Å². The Labute approximate surface area is 465 Å². The van der Waals surface area contributed by atoms with E-state index in [1.54, 1.807) is 11.1 Å². The molecule has 0 N–H and O–H groups in total. The standard InChI is InChI=1S/C72H84BN3S/c1-41-33-49-50(69(13,14)30-29-68(49,11)12)40-55(41)74(54-26-25-48-59(42(54)2)70(15,16)32-31-67(48,9)10)45-38-56-60-57(39-45)76-63-51(71(17)27-21-22-28-72(71,76)18)35-44(66(6,7)8)37-53(63)73(60)52-36-43(65(3,4)5)34-47-61(52)75(56)62-46-23-19-20-24-58(46)77-64(47)62/h19-20,23-26,33-40H,21-22,27-32H2,1-18H3. The van der Waals surface area contributed by atoms with Crippen LogP contribution in [0, 0.1) is 13.8 Å². The van der Waals surface area contributed by atoms with Gasteiger partial charge in [-0.05, 0) is 195 Å². The number of nitrogens with zero attached hydrogens (tertiary/aromatic N) is 3. The predicted octanol–water partition coefficient (Wildman–Crippen LogP) is 18.3. The number of aromatic nitrogens is 1. The van der Waals surface area contributed by atoms with E-state index in [2.05, 4.69) is 224 Å². The monoisotopic (exact) mass is 1030 g/mol. The summed E-state index contributed by atoms with van der Waals surface area (Å²) in [5, 5.41) is 2.76. The van der Waals surface area contributed by atoms with Crippen LogP contribution in [0.15, 0.2) is 84.9 Å². The third-order valence-electron chi connectivity index (χ3n) is 22.0. The van der Waals surface area contributed by atoms with Gasteiger partial charge in [-0.3, -0.25) is 0 Å². The molecule has 1 fully saturated rings. The molecule has 5 heterocycles. The molecular formula is C72H84BN3S. The van der Waals surface area contributed by atoms with Crippen LogP contribution in [0.25, 0.3) is 36.9 Å². The molecule has 3 nitrogen and oxygen atoms in total. The van der Waals surface area contributed by atoms with Crippen molar-refractivity contribution < 1.29 is 0 Å². The van der Waals surface area contributed by atoms with Crippen LogP contribution in [0.1, 0.15) is 212 Å². The molecule has 14 rings (SSSR count). The minimum absolute atomic E-state index is 0.0140. The first kappa shape index (κ1) is 50.0. The lowest BCUT2D eigenvalue weighted by Crippen LogP contribution is -2.64. The van der Waals surface area contributed by atoms with Crippen LogP contribution in [-0.4, -0.2) is 16.8 Å². The first-order valence-electron chi connectivity index (χ1n) is 29.8. The molecule has 0 saturated heterocycles. The number of hydrogen-bond donors (Lipinski definition) is 0. The van der Waals surface area contributed by atoms with Crippen LogP contribution in [-0.2, 0) is 37.9 Å². The first-order valence-corrected chi connectivity index (χ1v) is 30.6. The van der Waals surface area contributed by atoms with Crippen molar-refractivity contribution in [1.82, 2.24) is 4.57 Å². The molecule has 8 aromatic rings. The van der Waals surface area contributed by atoms with Crippen molar-refractivity contribution >= 4 is 94.1 Å². The average molecular weight is 1030 g/mol. The van der Waals surface area contributed by atoms with E-state index in [-0.39, 0.29) is 50.2 Å². The van der Waals surface area contributed by atoms with E-state index in [9.17, 15) is 0 Å². The molecule has 6 aromatic carbocycles. The van der Waals surface area contributed by atoms with Crippen LogP contribution in [0.4, 0.5) is 28.4 Å². The summed E-state index contributed by atoms with van der Waals surface area (Å²) in [7, 11) is 0. The minimum Gasteiger partial charge on any atom is -0.335 e. The molecule has 2 atom stereocenters. The Morgan fingerprint density at radius 2 is 1.16 bits per heavy atom. The highest BCUT2D eigenvalue weighted by Gasteiger charge is 2.62. The zero-order valence-corrected chi connectivity index (χ0v) is 50.9. The molecule has 0 bridgehead atoms. The van der Waals surface area contributed by atoms with Crippen molar-refractivity contribution in [3.8, 4) is 5.69 Å². The molecule has 1 saturated carbocycles. The number of anilines is 5. The van der Waals surface area contributed by atoms with E-state index in [1.807, 2.05) is 11.3 Å². The van der Waals surface area contributed by atoms with Crippen LogP contribution in [0.2, 0.25) is 0 Å². The number of benzene rings is 6. The lowest BCUT2D eigenvalue weighted by molar-refractivity contribution is 0.195. The molecule has 3 aliphatic carbocycles. The summed E-state index contributed by atoms with van der Waals surface area (Å²) in [5.74, 6) is 0. The summed E-state index contributed by atoms with van der Waals surface area (Å²) in [6.07, 6.45) is 9.63. The van der Waals surface area contributed by atoms with E-state index >= 15 is 0 Å². The quantitative estimate of drug-likeness (QED) is 0.163. The van der Waals surface area contributed by atoms with E-state index < -0.39 is 0 Å². The molecule has 6 aliphatic rings. The summed E-state index contributed by atoms with van der Waals surface area (Å²) in [4.78, 5) is 5.77. The predicted molar refractivity (Wildman–Crippen MR) is 336 cm³/mol. The molecule has 0 radical (unpaired) electrons. The molecule has 396 valence electrons. The highest BCUT2D eigenvalue weighted by atomic mass is 32.1. The van der Waals surface area contributed by atoms with Crippen molar-refractivity contribution in [2.24, 2.45) is 0 Å². The number of hydrogen-bond acceptors (Lipinski definition) is 3. The highest BCUT2D eigenvalue weighted by molar-refractivity contribution is 7.26. The fourth-order valence-electron chi connectivity index (χ4n) is 16.9. The maximum atomic E-state index is 2.99. The zero-order chi connectivity index (χ0) is 54.4. The molecule has 0 spiro atoms. The minimum atomic E-state index is -0.125.